The van der Waals surface area contributed by atoms with Gasteiger partial charge in [0.15, 0.2) is 11.4 Å². The highest BCUT2D eigenvalue weighted by atomic mass is 16.5. The van der Waals surface area contributed by atoms with E-state index in [1.165, 1.54) is 0 Å². The number of aromatic nitrogens is 2. The number of carbonyl (C=O) groups excluding carboxylic acids is 2. The molecule has 9 nitrogen and oxygen atoms in total. The number of hydrogen-bond acceptors (Lipinski definition) is 7. The first kappa shape index (κ1) is 19.7. The molecule has 162 valence electrons. The Hall–Kier alpha value is -3.20. The molecule has 2 N–H and O–H groups in total. The number of pyridine rings is 2. The molecule has 2 amide bonds. The number of anilines is 2. The SMILES string of the molecule is CNC(=O)c1ccc(N2CCN(Cc3cc4c(cn3)OC3(CC3)C(=O)N4)CC2)c(C)n1. The van der Waals surface area contributed by atoms with Crippen molar-refractivity contribution in [2.45, 2.75) is 31.9 Å². The average molecular weight is 422 g/mol. The predicted octanol–water partition coefficient (Wildman–Crippen LogP) is 1.33. The minimum absolute atomic E-state index is 0.0443. The van der Waals surface area contributed by atoms with Gasteiger partial charge in [0.05, 0.1) is 29.0 Å². The van der Waals surface area contributed by atoms with Gasteiger partial charge in [-0.05, 0) is 25.1 Å². The van der Waals surface area contributed by atoms with Gasteiger partial charge in [-0.25, -0.2) is 4.98 Å². The molecule has 1 saturated heterocycles. The van der Waals surface area contributed by atoms with E-state index in [1.807, 2.05) is 19.1 Å². The molecule has 1 aliphatic carbocycles. The van der Waals surface area contributed by atoms with Crippen molar-refractivity contribution in [3.63, 3.8) is 0 Å². The first-order valence-electron chi connectivity index (χ1n) is 10.6. The number of ether oxygens (including phenoxy) is 1. The summed E-state index contributed by atoms with van der Waals surface area (Å²) in [4.78, 5) is 37.6. The number of hydrogen-bond donors (Lipinski definition) is 2. The standard InChI is InChI=1S/C22H26N6O3/c1-14-18(4-3-16(25-14)20(29)23-2)28-9-7-27(8-10-28)13-15-11-17-19(12-24-15)31-22(5-6-22)21(30)26-17/h3-4,11-12H,5-10,13H2,1-2H3,(H,23,29)(H,26,30). The third kappa shape index (κ3) is 3.69. The van der Waals surface area contributed by atoms with Crippen molar-refractivity contribution in [1.82, 2.24) is 20.2 Å². The fourth-order valence-electron chi connectivity index (χ4n) is 4.21. The largest absolute Gasteiger partial charge is 0.474 e. The van der Waals surface area contributed by atoms with Crippen molar-refractivity contribution in [3.05, 3.63) is 41.5 Å². The zero-order valence-electron chi connectivity index (χ0n) is 17.8. The zero-order chi connectivity index (χ0) is 21.6. The summed E-state index contributed by atoms with van der Waals surface area (Å²) in [5.41, 5.74) is 3.34. The smallest absolute Gasteiger partial charge is 0.269 e. The van der Waals surface area contributed by atoms with Gasteiger partial charge in [-0.2, -0.15) is 0 Å². The normalized spacial score (nSPS) is 19.4. The van der Waals surface area contributed by atoms with Crippen molar-refractivity contribution >= 4 is 23.2 Å². The number of nitrogens with zero attached hydrogens (tertiary/aromatic N) is 4. The lowest BCUT2D eigenvalue weighted by Crippen LogP contribution is -2.46. The second kappa shape index (κ2) is 7.49. The molecular formula is C22H26N6O3. The number of piperazine rings is 1. The molecule has 2 fully saturated rings. The van der Waals surface area contributed by atoms with Crippen LogP contribution in [0.5, 0.6) is 5.75 Å². The van der Waals surface area contributed by atoms with Crippen molar-refractivity contribution in [2.24, 2.45) is 0 Å². The van der Waals surface area contributed by atoms with Gasteiger partial charge in [0.25, 0.3) is 11.8 Å². The van der Waals surface area contributed by atoms with Crippen molar-refractivity contribution < 1.29 is 14.3 Å². The molecule has 4 heterocycles. The van der Waals surface area contributed by atoms with Gasteiger partial charge >= 0.3 is 0 Å². The van der Waals surface area contributed by atoms with Crippen LogP contribution in [0.3, 0.4) is 0 Å². The van der Waals surface area contributed by atoms with E-state index in [4.69, 9.17) is 4.74 Å². The Kier molecular flexibility index (Phi) is 4.77. The van der Waals surface area contributed by atoms with Crippen molar-refractivity contribution in [2.75, 3.05) is 43.4 Å². The first-order valence-corrected chi connectivity index (χ1v) is 10.6. The van der Waals surface area contributed by atoms with Crippen LogP contribution in [0.15, 0.2) is 24.4 Å². The minimum atomic E-state index is -0.641. The Morgan fingerprint density at radius 2 is 2.03 bits per heavy atom. The molecule has 0 aromatic carbocycles. The van der Waals surface area contributed by atoms with Crippen LogP contribution in [0.2, 0.25) is 0 Å². The average Bonchev–Trinajstić information content (AvgIpc) is 3.55. The Balaban J connectivity index is 1.20. The van der Waals surface area contributed by atoms with E-state index >= 15 is 0 Å². The Morgan fingerprint density at radius 3 is 2.71 bits per heavy atom. The quantitative estimate of drug-likeness (QED) is 0.767. The molecule has 1 spiro atoms. The highest BCUT2D eigenvalue weighted by Gasteiger charge is 2.55. The van der Waals surface area contributed by atoms with Gasteiger partial charge in [-0.1, -0.05) is 0 Å². The van der Waals surface area contributed by atoms with Crippen LogP contribution in [0, 0.1) is 6.92 Å². The summed E-state index contributed by atoms with van der Waals surface area (Å²) in [6.07, 6.45) is 3.27. The van der Waals surface area contributed by atoms with Crippen LogP contribution in [0.25, 0.3) is 0 Å². The van der Waals surface area contributed by atoms with Crippen molar-refractivity contribution in [3.8, 4) is 5.75 Å². The van der Waals surface area contributed by atoms with E-state index in [0.29, 0.717) is 17.1 Å². The molecule has 2 aromatic rings. The molecule has 0 bridgehead atoms. The summed E-state index contributed by atoms with van der Waals surface area (Å²) in [7, 11) is 1.61. The van der Waals surface area contributed by atoms with Gasteiger partial charge in [-0.3, -0.25) is 19.5 Å². The van der Waals surface area contributed by atoms with Crippen LogP contribution in [0.4, 0.5) is 11.4 Å². The topological polar surface area (TPSA) is 99.7 Å². The molecule has 31 heavy (non-hydrogen) atoms. The van der Waals surface area contributed by atoms with E-state index in [0.717, 1.165) is 62.6 Å². The molecule has 2 aliphatic heterocycles. The first-order chi connectivity index (χ1) is 15.0. The number of aryl methyl sites for hydroxylation is 1. The highest BCUT2D eigenvalue weighted by Crippen LogP contribution is 2.46. The minimum Gasteiger partial charge on any atom is -0.474 e. The molecule has 0 radical (unpaired) electrons. The fraction of sp³-hybridized carbons (Fsp3) is 0.455. The lowest BCUT2D eigenvalue weighted by molar-refractivity contribution is -0.125. The molecule has 0 unspecified atom stereocenters. The Labute approximate surface area is 180 Å². The summed E-state index contributed by atoms with van der Waals surface area (Å²) in [5.74, 6) is 0.442. The van der Waals surface area contributed by atoms with Crippen LogP contribution in [-0.2, 0) is 11.3 Å². The number of fused-ring (bicyclic) bond motifs is 1. The number of nitrogens with one attached hydrogen (secondary N) is 2. The predicted molar refractivity (Wildman–Crippen MR) is 115 cm³/mol. The third-order valence-electron chi connectivity index (χ3n) is 6.21. The van der Waals surface area contributed by atoms with E-state index in [9.17, 15) is 9.59 Å². The zero-order valence-corrected chi connectivity index (χ0v) is 17.8. The summed E-state index contributed by atoms with van der Waals surface area (Å²) in [6, 6.07) is 5.66. The van der Waals surface area contributed by atoms with E-state index in [-0.39, 0.29) is 11.8 Å². The highest BCUT2D eigenvalue weighted by molar-refractivity contribution is 6.02. The van der Waals surface area contributed by atoms with Crippen LogP contribution in [0.1, 0.15) is 34.7 Å². The maximum Gasteiger partial charge on any atom is 0.269 e. The molecule has 5 rings (SSSR count). The lowest BCUT2D eigenvalue weighted by Gasteiger charge is -2.36. The van der Waals surface area contributed by atoms with Crippen LogP contribution in [-0.4, -0.2) is 65.5 Å². The van der Waals surface area contributed by atoms with E-state index < -0.39 is 5.60 Å². The van der Waals surface area contributed by atoms with Crippen molar-refractivity contribution in [1.29, 1.82) is 0 Å². The van der Waals surface area contributed by atoms with E-state index in [2.05, 4.69) is 30.4 Å². The number of carbonyl (C=O) groups is 2. The van der Waals surface area contributed by atoms with Gasteiger partial charge < -0.3 is 20.3 Å². The molecule has 0 atom stereocenters. The fourth-order valence-corrected chi connectivity index (χ4v) is 4.21. The Morgan fingerprint density at radius 1 is 1.26 bits per heavy atom. The van der Waals surface area contributed by atoms with Gasteiger partial charge in [0, 0.05) is 52.6 Å². The van der Waals surface area contributed by atoms with Crippen LogP contribution >= 0.6 is 0 Å². The van der Waals surface area contributed by atoms with Gasteiger partial charge in [0.1, 0.15) is 5.69 Å². The number of rotatable bonds is 4. The second-order valence-electron chi connectivity index (χ2n) is 8.37. The molecule has 1 saturated carbocycles. The second-order valence-corrected chi connectivity index (χ2v) is 8.37. The summed E-state index contributed by atoms with van der Waals surface area (Å²) in [6.45, 7) is 6.18. The number of amides is 2. The maximum absolute atomic E-state index is 12.2. The summed E-state index contributed by atoms with van der Waals surface area (Å²) in [5, 5.41) is 5.58. The maximum atomic E-state index is 12.2. The summed E-state index contributed by atoms with van der Waals surface area (Å²) < 4.78 is 5.87. The van der Waals surface area contributed by atoms with Gasteiger partial charge in [0.2, 0.25) is 0 Å². The van der Waals surface area contributed by atoms with Gasteiger partial charge in [-0.15, -0.1) is 0 Å². The Bertz CT molecular complexity index is 1040. The molecule has 2 aromatic heterocycles. The van der Waals surface area contributed by atoms with E-state index in [1.54, 1.807) is 19.3 Å². The molecule has 3 aliphatic rings. The monoisotopic (exact) mass is 422 g/mol. The lowest BCUT2D eigenvalue weighted by atomic mass is 10.2. The molecular weight excluding hydrogens is 396 g/mol. The summed E-state index contributed by atoms with van der Waals surface area (Å²) >= 11 is 0. The van der Waals surface area contributed by atoms with Crippen LogP contribution < -0.4 is 20.3 Å². The third-order valence-corrected chi connectivity index (χ3v) is 6.21. The molecule has 9 heteroatoms.